The molecule has 0 aliphatic rings. The molecule has 0 heterocycles. The number of hydrogen-bond acceptors (Lipinski definition) is 2. The predicted octanol–water partition coefficient (Wildman–Crippen LogP) is 4.21. The Balaban J connectivity index is 2.30. The van der Waals surface area contributed by atoms with Crippen LogP contribution in [0, 0.1) is 0 Å². The molecule has 0 fully saturated rings. The number of ketones is 1. The van der Waals surface area contributed by atoms with Crippen LogP contribution in [0.1, 0.15) is 17.2 Å². The summed E-state index contributed by atoms with van der Waals surface area (Å²) in [4.78, 5) is 15.1. The van der Waals surface area contributed by atoms with Crippen LogP contribution in [0.5, 0.6) is 0 Å². The number of carbonyl (C=O) groups is 1. The molecule has 0 unspecified atom stereocenters. The number of hydrogen-bond donors (Lipinski definition) is 0. The van der Waals surface area contributed by atoms with Gasteiger partial charge in [0.25, 0.3) is 0 Å². The number of Topliss-reactive ketones (excluding diaryl/α,β-unsaturated/α-hetero) is 1. The first kappa shape index (κ1) is 16.9. The lowest BCUT2D eigenvalue weighted by molar-refractivity contribution is -0.123. The maximum absolute atomic E-state index is 13.0. The van der Waals surface area contributed by atoms with Crippen LogP contribution in [-0.4, -0.2) is 23.8 Å². The first-order valence-corrected chi connectivity index (χ1v) is 7.83. The molecule has 0 aliphatic heterocycles. The monoisotopic (exact) mass is 305 g/mol. The Labute approximate surface area is 138 Å². The minimum atomic E-state index is -0.285. The van der Waals surface area contributed by atoms with Crippen LogP contribution in [0.3, 0.4) is 0 Å². The average molecular weight is 305 g/mol. The Bertz CT molecular complexity index is 623. The third-order valence-corrected chi connectivity index (χ3v) is 3.73. The molecule has 0 amide bonds. The molecule has 23 heavy (non-hydrogen) atoms. The van der Waals surface area contributed by atoms with Crippen LogP contribution in [0.2, 0.25) is 0 Å². The molecule has 0 saturated heterocycles. The topological polar surface area (TPSA) is 20.3 Å². The lowest BCUT2D eigenvalue weighted by atomic mass is 9.96. The smallest absolute Gasteiger partial charge is 0.158 e. The minimum absolute atomic E-state index is 0.186. The lowest BCUT2D eigenvalue weighted by Crippen LogP contribution is -2.35. The average Bonchev–Trinajstić information content (AvgIpc) is 2.57. The van der Waals surface area contributed by atoms with Crippen LogP contribution < -0.4 is 0 Å². The van der Waals surface area contributed by atoms with E-state index in [0.717, 1.165) is 11.1 Å². The van der Waals surface area contributed by atoms with Crippen molar-refractivity contribution in [3.63, 3.8) is 0 Å². The molecular formula is C21H23NO. The highest BCUT2D eigenvalue weighted by atomic mass is 16.1. The van der Waals surface area contributed by atoms with Gasteiger partial charge >= 0.3 is 0 Å². The van der Waals surface area contributed by atoms with Gasteiger partial charge in [0.05, 0.1) is 6.04 Å². The zero-order valence-corrected chi connectivity index (χ0v) is 13.4. The van der Waals surface area contributed by atoms with E-state index in [-0.39, 0.29) is 11.8 Å². The SMILES string of the molecule is C=CCN(CC=C)[C@@H](C(=O)Cc1ccccc1)c1ccccc1. The van der Waals surface area contributed by atoms with Gasteiger partial charge in [-0.05, 0) is 11.1 Å². The number of benzene rings is 2. The van der Waals surface area contributed by atoms with Crippen molar-refractivity contribution in [1.82, 2.24) is 4.90 Å². The van der Waals surface area contributed by atoms with Gasteiger partial charge in [0.2, 0.25) is 0 Å². The predicted molar refractivity (Wildman–Crippen MR) is 96.3 cm³/mol. The second kappa shape index (κ2) is 8.86. The van der Waals surface area contributed by atoms with Gasteiger partial charge in [-0.15, -0.1) is 13.2 Å². The molecule has 1 atom stereocenters. The lowest BCUT2D eigenvalue weighted by Gasteiger charge is -2.29. The van der Waals surface area contributed by atoms with Crippen LogP contribution in [0.25, 0.3) is 0 Å². The summed E-state index contributed by atoms with van der Waals surface area (Å²) in [5.41, 5.74) is 2.05. The molecule has 0 saturated carbocycles. The summed E-state index contributed by atoms with van der Waals surface area (Å²) in [7, 11) is 0. The van der Waals surface area contributed by atoms with E-state index in [4.69, 9.17) is 0 Å². The number of carbonyl (C=O) groups excluding carboxylic acids is 1. The second-order valence-electron chi connectivity index (χ2n) is 5.47. The highest BCUT2D eigenvalue weighted by Crippen LogP contribution is 2.23. The van der Waals surface area contributed by atoms with Crippen molar-refractivity contribution in [2.45, 2.75) is 12.5 Å². The molecular weight excluding hydrogens is 282 g/mol. The summed E-state index contributed by atoms with van der Waals surface area (Å²) in [6.45, 7) is 8.92. The Hall–Kier alpha value is -2.45. The van der Waals surface area contributed by atoms with Gasteiger partial charge in [-0.2, -0.15) is 0 Å². The van der Waals surface area contributed by atoms with Crippen LogP contribution in [0.4, 0.5) is 0 Å². The molecule has 0 spiro atoms. The van der Waals surface area contributed by atoms with Gasteiger partial charge < -0.3 is 0 Å². The Kier molecular flexibility index (Phi) is 6.52. The van der Waals surface area contributed by atoms with Gasteiger partial charge in [0.15, 0.2) is 5.78 Å². The summed E-state index contributed by atoms with van der Waals surface area (Å²) in [6, 6.07) is 19.5. The maximum Gasteiger partial charge on any atom is 0.158 e. The first-order chi connectivity index (χ1) is 11.3. The molecule has 2 nitrogen and oxygen atoms in total. The largest absolute Gasteiger partial charge is 0.297 e. The summed E-state index contributed by atoms with van der Waals surface area (Å²) >= 11 is 0. The Morgan fingerprint density at radius 2 is 1.43 bits per heavy atom. The van der Waals surface area contributed by atoms with Gasteiger partial charge in [0.1, 0.15) is 0 Å². The van der Waals surface area contributed by atoms with Crippen molar-refractivity contribution < 1.29 is 4.79 Å². The molecule has 0 N–H and O–H groups in total. The number of nitrogens with zero attached hydrogens (tertiary/aromatic N) is 1. The van der Waals surface area contributed by atoms with E-state index in [1.807, 2.05) is 72.8 Å². The quantitative estimate of drug-likeness (QED) is 0.647. The van der Waals surface area contributed by atoms with E-state index in [2.05, 4.69) is 18.1 Å². The van der Waals surface area contributed by atoms with E-state index in [9.17, 15) is 4.79 Å². The summed E-state index contributed by atoms with van der Waals surface area (Å²) in [5, 5.41) is 0. The number of rotatable bonds is 9. The molecule has 0 aromatic heterocycles. The fourth-order valence-electron chi connectivity index (χ4n) is 2.75. The Morgan fingerprint density at radius 1 is 0.913 bits per heavy atom. The fourth-order valence-corrected chi connectivity index (χ4v) is 2.75. The fraction of sp³-hybridized carbons (Fsp3) is 0.190. The van der Waals surface area contributed by atoms with Crippen LogP contribution in [0.15, 0.2) is 86.0 Å². The van der Waals surface area contributed by atoms with Crippen molar-refractivity contribution in [1.29, 1.82) is 0 Å². The summed E-state index contributed by atoms with van der Waals surface area (Å²) in [6.07, 6.45) is 4.08. The van der Waals surface area contributed by atoms with Crippen LogP contribution >= 0.6 is 0 Å². The third kappa shape index (κ3) is 4.76. The van der Waals surface area contributed by atoms with Crippen LogP contribution in [-0.2, 0) is 11.2 Å². The molecule has 2 aromatic carbocycles. The molecule has 2 aromatic rings. The van der Waals surface area contributed by atoms with Crippen molar-refractivity contribution in [2.24, 2.45) is 0 Å². The molecule has 0 bridgehead atoms. The first-order valence-electron chi connectivity index (χ1n) is 7.83. The van der Waals surface area contributed by atoms with Gasteiger partial charge in [-0.1, -0.05) is 72.8 Å². The molecule has 2 rings (SSSR count). The Morgan fingerprint density at radius 3 is 1.96 bits per heavy atom. The zero-order valence-electron chi connectivity index (χ0n) is 13.4. The van der Waals surface area contributed by atoms with Crippen molar-refractivity contribution >= 4 is 5.78 Å². The molecule has 0 radical (unpaired) electrons. The summed E-state index contributed by atoms with van der Waals surface area (Å²) in [5.74, 6) is 0.186. The second-order valence-corrected chi connectivity index (χ2v) is 5.47. The summed E-state index contributed by atoms with van der Waals surface area (Å²) < 4.78 is 0. The molecule has 2 heteroatoms. The van der Waals surface area contributed by atoms with Crippen molar-refractivity contribution in [2.75, 3.05) is 13.1 Å². The van der Waals surface area contributed by atoms with E-state index in [0.29, 0.717) is 19.5 Å². The van der Waals surface area contributed by atoms with E-state index in [1.165, 1.54) is 0 Å². The van der Waals surface area contributed by atoms with Gasteiger partial charge in [-0.25, -0.2) is 0 Å². The van der Waals surface area contributed by atoms with Gasteiger partial charge in [0, 0.05) is 19.5 Å². The third-order valence-electron chi connectivity index (χ3n) is 3.73. The van der Waals surface area contributed by atoms with E-state index < -0.39 is 0 Å². The highest BCUT2D eigenvalue weighted by molar-refractivity contribution is 5.87. The maximum atomic E-state index is 13.0. The molecule has 118 valence electrons. The normalized spacial score (nSPS) is 11.9. The van der Waals surface area contributed by atoms with Crippen molar-refractivity contribution in [3.8, 4) is 0 Å². The van der Waals surface area contributed by atoms with Crippen molar-refractivity contribution in [3.05, 3.63) is 97.1 Å². The molecule has 0 aliphatic carbocycles. The van der Waals surface area contributed by atoms with Gasteiger partial charge in [-0.3, -0.25) is 9.69 Å². The minimum Gasteiger partial charge on any atom is -0.297 e. The highest BCUT2D eigenvalue weighted by Gasteiger charge is 2.26. The standard InChI is InChI=1S/C21H23NO/c1-3-15-22(16-4-2)21(19-13-9-6-10-14-19)20(23)17-18-11-7-5-8-12-18/h3-14,21H,1-2,15-17H2/t21-/m1/s1. The van der Waals surface area contributed by atoms with E-state index >= 15 is 0 Å². The zero-order chi connectivity index (χ0) is 16.5. The van der Waals surface area contributed by atoms with E-state index in [1.54, 1.807) is 0 Å².